The van der Waals surface area contributed by atoms with E-state index in [-0.39, 0.29) is 16.9 Å². The molecule has 0 saturated carbocycles. The highest BCUT2D eigenvalue weighted by Crippen LogP contribution is 2.36. The number of carbonyl (C=O) groups excluding carboxylic acids is 1. The van der Waals surface area contributed by atoms with Gasteiger partial charge in [0.15, 0.2) is 17.3 Å². The van der Waals surface area contributed by atoms with Crippen molar-refractivity contribution in [1.29, 1.82) is 0 Å². The average Bonchev–Trinajstić information content (AvgIpc) is 3.26. The molecule has 1 aromatic carbocycles. The van der Waals surface area contributed by atoms with Crippen LogP contribution in [-0.2, 0) is 11.3 Å². The third kappa shape index (κ3) is 4.66. The van der Waals surface area contributed by atoms with Gasteiger partial charge in [0.25, 0.3) is 5.69 Å². The molecular formula is C18H14F2N4O6. The molecule has 0 saturated heterocycles. The molecule has 0 bridgehead atoms. The molecule has 2 aromatic heterocycles. The molecule has 3 rings (SSSR count). The Morgan fingerprint density at radius 3 is 2.67 bits per heavy atom. The van der Waals surface area contributed by atoms with E-state index in [9.17, 15) is 23.7 Å². The largest absolute Gasteiger partial charge is 0.493 e. The molecule has 3 aromatic rings. The van der Waals surface area contributed by atoms with E-state index < -0.39 is 35.5 Å². The molecule has 2 heterocycles. The van der Waals surface area contributed by atoms with Crippen LogP contribution < -0.4 is 9.47 Å². The third-order valence-electron chi connectivity index (χ3n) is 3.86. The lowest BCUT2D eigenvalue weighted by Gasteiger charge is -2.12. The lowest BCUT2D eigenvalue weighted by Crippen LogP contribution is -2.09. The number of hydrogen-bond donors (Lipinski definition) is 0. The lowest BCUT2D eigenvalue weighted by atomic mass is 10.1. The number of ether oxygens (including phenoxy) is 3. The van der Waals surface area contributed by atoms with Crippen molar-refractivity contribution < 1.29 is 32.7 Å². The van der Waals surface area contributed by atoms with Crippen LogP contribution in [0.2, 0.25) is 0 Å². The molecule has 10 nitrogen and oxygen atoms in total. The summed E-state index contributed by atoms with van der Waals surface area (Å²) in [7, 11) is 1.18. The number of carbonyl (C=O) groups is 1. The van der Waals surface area contributed by atoms with E-state index in [2.05, 4.69) is 14.8 Å². The van der Waals surface area contributed by atoms with E-state index in [1.165, 1.54) is 24.1 Å². The maximum absolute atomic E-state index is 12.5. The Kier molecular flexibility index (Phi) is 6.15. The number of aromatic nitrogens is 3. The van der Waals surface area contributed by atoms with Gasteiger partial charge in [-0.05, 0) is 24.3 Å². The standard InChI is InChI=1S/C18H14F2N4O6/c1-28-14-7-12(13(24(26)27)8-15(14)30-18(19)20)10-29-17(25)11-3-4-16(21-9-11)23-6-2-5-22-23/h2-9,18H,10H2,1H3. The van der Waals surface area contributed by atoms with Crippen molar-refractivity contribution in [3.63, 3.8) is 0 Å². The summed E-state index contributed by atoms with van der Waals surface area (Å²) in [6.45, 7) is -3.69. The number of esters is 1. The maximum Gasteiger partial charge on any atom is 0.387 e. The zero-order chi connectivity index (χ0) is 21.7. The maximum atomic E-state index is 12.5. The Morgan fingerprint density at radius 1 is 1.30 bits per heavy atom. The van der Waals surface area contributed by atoms with E-state index in [0.29, 0.717) is 5.82 Å². The van der Waals surface area contributed by atoms with Gasteiger partial charge < -0.3 is 14.2 Å². The first-order valence-corrected chi connectivity index (χ1v) is 8.32. The molecule has 0 unspecified atom stereocenters. The Morgan fingerprint density at radius 2 is 2.10 bits per heavy atom. The minimum atomic E-state index is -3.20. The highest BCUT2D eigenvalue weighted by Gasteiger charge is 2.23. The minimum Gasteiger partial charge on any atom is -0.493 e. The number of nitro groups is 1. The molecular weight excluding hydrogens is 406 g/mol. The second-order valence-electron chi connectivity index (χ2n) is 5.70. The number of hydrogen-bond acceptors (Lipinski definition) is 8. The zero-order valence-corrected chi connectivity index (χ0v) is 15.4. The molecule has 0 amide bonds. The first kappa shape index (κ1) is 20.6. The van der Waals surface area contributed by atoms with Gasteiger partial charge in [-0.1, -0.05) is 0 Å². The summed E-state index contributed by atoms with van der Waals surface area (Å²) in [4.78, 5) is 26.8. The molecule has 0 fully saturated rings. The molecule has 0 aliphatic carbocycles. The van der Waals surface area contributed by atoms with Crippen LogP contribution in [0.15, 0.2) is 48.9 Å². The van der Waals surface area contributed by atoms with E-state index in [1.807, 2.05) is 0 Å². The van der Waals surface area contributed by atoms with Gasteiger partial charge in [-0.25, -0.2) is 14.5 Å². The lowest BCUT2D eigenvalue weighted by molar-refractivity contribution is -0.386. The van der Waals surface area contributed by atoms with Gasteiger partial charge in [-0.2, -0.15) is 13.9 Å². The van der Waals surface area contributed by atoms with Gasteiger partial charge in [-0.15, -0.1) is 0 Å². The van der Waals surface area contributed by atoms with Gasteiger partial charge in [0.05, 0.1) is 29.2 Å². The predicted molar refractivity (Wildman–Crippen MR) is 96.8 cm³/mol. The zero-order valence-electron chi connectivity index (χ0n) is 15.4. The number of rotatable bonds is 8. The molecule has 156 valence electrons. The molecule has 30 heavy (non-hydrogen) atoms. The summed E-state index contributed by atoms with van der Waals surface area (Å²) < 4.78 is 40.8. The van der Waals surface area contributed by atoms with Crippen LogP contribution in [0.25, 0.3) is 5.82 Å². The molecule has 0 N–H and O–H groups in total. The summed E-state index contributed by atoms with van der Waals surface area (Å²) >= 11 is 0. The van der Waals surface area contributed by atoms with Crippen LogP contribution in [0, 0.1) is 10.1 Å². The van der Waals surface area contributed by atoms with Crippen LogP contribution in [0.1, 0.15) is 15.9 Å². The topological polar surface area (TPSA) is 119 Å². The molecule has 0 aliphatic heterocycles. The summed E-state index contributed by atoms with van der Waals surface area (Å²) in [6, 6.07) is 6.60. The van der Waals surface area contributed by atoms with Gasteiger partial charge in [0.1, 0.15) is 6.61 Å². The monoisotopic (exact) mass is 420 g/mol. The molecule has 0 spiro atoms. The number of halogens is 2. The van der Waals surface area contributed by atoms with Crippen LogP contribution >= 0.6 is 0 Å². The average molecular weight is 420 g/mol. The Hall–Kier alpha value is -4.09. The van der Waals surface area contributed by atoms with Crippen molar-refractivity contribution in [1.82, 2.24) is 14.8 Å². The van der Waals surface area contributed by atoms with Crippen molar-refractivity contribution in [2.24, 2.45) is 0 Å². The minimum absolute atomic E-state index is 0.0621. The van der Waals surface area contributed by atoms with Gasteiger partial charge >= 0.3 is 12.6 Å². The summed E-state index contributed by atoms with van der Waals surface area (Å²) in [5.74, 6) is -0.980. The highest BCUT2D eigenvalue weighted by atomic mass is 19.3. The number of nitrogens with zero attached hydrogens (tertiary/aromatic N) is 4. The Labute approximate surface area is 167 Å². The van der Waals surface area contributed by atoms with E-state index >= 15 is 0 Å². The third-order valence-corrected chi connectivity index (χ3v) is 3.86. The van der Waals surface area contributed by atoms with Crippen LogP contribution in [0.4, 0.5) is 14.5 Å². The van der Waals surface area contributed by atoms with Gasteiger partial charge in [0.2, 0.25) is 0 Å². The van der Waals surface area contributed by atoms with Crippen LogP contribution in [-0.4, -0.2) is 39.4 Å². The molecule has 0 radical (unpaired) electrons. The fourth-order valence-electron chi connectivity index (χ4n) is 2.50. The second kappa shape index (κ2) is 8.94. The van der Waals surface area contributed by atoms with E-state index in [1.54, 1.807) is 24.5 Å². The smallest absolute Gasteiger partial charge is 0.387 e. The number of benzene rings is 1. The SMILES string of the molecule is COc1cc(COC(=O)c2ccc(-n3cccn3)nc2)c([N+](=O)[O-])cc1OC(F)F. The Balaban J connectivity index is 1.77. The number of alkyl halides is 2. The first-order valence-electron chi connectivity index (χ1n) is 8.32. The Bertz CT molecular complexity index is 1040. The fourth-order valence-corrected chi connectivity index (χ4v) is 2.50. The van der Waals surface area contributed by atoms with Crippen molar-refractivity contribution in [2.45, 2.75) is 13.2 Å². The van der Waals surface area contributed by atoms with Crippen LogP contribution in [0.3, 0.4) is 0 Å². The summed E-state index contributed by atoms with van der Waals surface area (Å²) in [6.07, 6.45) is 4.52. The predicted octanol–water partition coefficient (Wildman–Crippen LogP) is 3.14. The van der Waals surface area contributed by atoms with Crippen molar-refractivity contribution in [3.8, 4) is 17.3 Å². The van der Waals surface area contributed by atoms with Gasteiger partial charge in [0, 0.05) is 18.6 Å². The quantitative estimate of drug-likeness (QED) is 0.310. The van der Waals surface area contributed by atoms with E-state index in [4.69, 9.17) is 9.47 Å². The number of pyridine rings is 1. The number of methoxy groups -OCH3 is 1. The highest BCUT2D eigenvalue weighted by molar-refractivity contribution is 5.89. The van der Waals surface area contributed by atoms with Crippen molar-refractivity contribution in [3.05, 3.63) is 70.2 Å². The van der Waals surface area contributed by atoms with Crippen molar-refractivity contribution in [2.75, 3.05) is 7.11 Å². The molecule has 0 aliphatic rings. The second-order valence-corrected chi connectivity index (χ2v) is 5.70. The van der Waals surface area contributed by atoms with Crippen molar-refractivity contribution >= 4 is 11.7 Å². The summed E-state index contributed by atoms with van der Waals surface area (Å²) in [5.41, 5.74) is -0.516. The fraction of sp³-hybridized carbons (Fsp3) is 0.167. The first-order chi connectivity index (χ1) is 14.4. The number of nitro benzene ring substituents is 1. The normalized spacial score (nSPS) is 10.7. The summed E-state index contributed by atoms with van der Waals surface area (Å²) in [5, 5.41) is 15.3. The van der Waals surface area contributed by atoms with Gasteiger partial charge in [-0.3, -0.25) is 10.1 Å². The van der Waals surface area contributed by atoms with Crippen LogP contribution in [0.5, 0.6) is 11.5 Å². The molecule has 0 atom stereocenters. The molecule has 12 heteroatoms. The van der Waals surface area contributed by atoms with E-state index in [0.717, 1.165) is 12.1 Å².